The van der Waals surface area contributed by atoms with E-state index in [2.05, 4.69) is 30.8 Å². The van der Waals surface area contributed by atoms with Gasteiger partial charge in [0.05, 0.1) is 12.7 Å². The Labute approximate surface area is 91.6 Å². The van der Waals surface area contributed by atoms with Crippen molar-refractivity contribution in [2.75, 3.05) is 0 Å². The van der Waals surface area contributed by atoms with Crippen LogP contribution >= 0.6 is 0 Å². The molecule has 0 radical (unpaired) electrons. The molecular weight excluding hydrogens is 184 g/mol. The summed E-state index contributed by atoms with van der Waals surface area (Å²) in [5.74, 6) is 0. The van der Waals surface area contributed by atoms with Gasteiger partial charge in [0.15, 0.2) is 0 Å². The number of nitrogens with zero attached hydrogens (tertiary/aromatic N) is 2. The molecule has 1 aromatic heterocycles. The number of rotatable bonds is 4. The zero-order valence-corrected chi connectivity index (χ0v) is 9.70. The third-order valence-corrected chi connectivity index (χ3v) is 2.16. The Morgan fingerprint density at radius 2 is 2.27 bits per heavy atom. The Balaban J connectivity index is 2.53. The van der Waals surface area contributed by atoms with Gasteiger partial charge in [-0.3, -0.25) is 4.68 Å². The lowest BCUT2D eigenvalue weighted by atomic mass is 10.2. The number of aryl methyl sites for hydroxylation is 1. The summed E-state index contributed by atoms with van der Waals surface area (Å²) in [6.45, 7) is 10.9. The monoisotopic (exact) mass is 202 g/mol. The highest BCUT2D eigenvalue weighted by Gasteiger charge is 1.94. The summed E-state index contributed by atoms with van der Waals surface area (Å²) in [6.07, 6.45) is 10.0. The maximum absolute atomic E-state index is 4.21. The first-order valence-electron chi connectivity index (χ1n) is 5.09. The van der Waals surface area contributed by atoms with E-state index in [9.17, 15) is 0 Å². The van der Waals surface area contributed by atoms with Crippen molar-refractivity contribution >= 4 is 0 Å². The van der Waals surface area contributed by atoms with Gasteiger partial charge in [0, 0.05) is 6.20 Å². The molecule has 0 aliphatic carbocycles. The molecule has 0 saturated carbocycles. The number of allylic oxidation sites excluding steroid dienone is 5. The predicted molar refractivity (Wildman–Crippen MR) is 64.7 cm³/mol. The van der Waals surface area contributed by atoms with E-state index in [-0.39, 0.29) is 0 Å². The van der Waals surface area contributed by atoms with Crippen molar-refractivity contribution in [3.8, 4) is 0 Å². The first-order chi connectivity index (χ1) is 7.11. The molecule has 0 spiro atoms. The maximum atomic E-state index is 4.21. The summed E-state index contributed by atoms with van der Waals surface area (Å²) in [4.78, 5) is 0. The average molecular weight is 202 g/mol. The van der Waals surface area contributed by atoms with Gasteiger partial charge in [-0.25, -0.2) is 0 Å². The molecule has 15 heavy (non-hydrogen) atoms. The minimum atomic E-state index is 0.751. The summed E-state index contributed by atoms with van der Waals surface area (Å²) >= 11 is 0. The second-order valence-corrected chi connectivity index (χ2v) is 3.74. The Morgan fingerprint density at radius 3 is 2.80 bits per heavy atom. The van der Waals surface area contributed by atoms with Crippen LogP contribution in [-0.2, 0) is 6.54 Å². The summed E-state index contributed by atoms with van der Waals surface area (Å²) in [7, 11) is 0. The van der Waals surface area contributed by atoms with E-state index < -0.39 is 0 Å². The van der Waals surface area contributed by atoms with Gasteiger partial charge in [-0.2, -0.15) is 5.10 Å². The molecule has 0 aromatic carbocycles. The Bertz CT molecular complexity index is 394. The van der Waals surface area contributed by atoms with Crippen molar-refractivity contribution in [2.24, 2.45) is 0 Å². The van der Waals surface area contributed by atoms with Gasteiger partial charge in [0.2, 0.25) is 0 Å². The molecule has 0 N–H and O–H groups in total. The van der Waals surface area contributed by atoms with Gasteiger partial charge in [-0.15, -0.1) is 0 Å². The fraction of sp³-hybridized carbons (Fsp3) is 0.308. The van der Waals surface area contributed by atoms with Gasteiger partial charge in [0.25, 0.3) is 0 Å². The fourth-order valence-corrected chi connectivity index (χ4v) is 1.16. The van der Waals surface area contributed by atoms with Gasteiger partial charge in [-0.05, 0) is 31.9 Å². The molecule has 0 bridgehead atoms. The maximum Gasteiger partial charge on any atom is 0.0653 e. The van der Waals surface area contributed by atoms with Crippen LogP contribution in [0.2, 0.25) is 0 Å². The Morgan fingerprint density at radius 1 is 1.53 bits per heavy atom. The molecule has 0 aliphatic rings. The van der Waals surface area contributed by atoms with Crippen LogP contribution in [-0.4, -0.2) is 9.78 Å². The van der Waals surface area contributed by atoms with Crippen LogP contribution in [0.5, 0.6) is 0 Å². The van der Waals surface area contributed by atoms with Crippen LogP contribution in [0, 0.1) is 6.92 Å². The molecule has 0 atom stereocenters. The lowest BCUT2D eigenvalue weighted by molar-refractivity contribution is 0.687. The minimum Gasteiger partial charge on any atom is -0.268 e. The fourth-order valence-electron chi connectivity index (χ4n) is 1.16. The molecule has 1 rings (SSSR count). The van der Waals surface area contributed by atoms with Crippen molar-refractivity contribution < 1.29 is 0 Å². The van der Waals surface area contributed by atoms with Crippen LogP contribution in [0.4, 0.5) is 0 Å². The van der Waals surface area contributed by atoms with Gasteiger partial charge >= 0.3 is 0 Å². The minimum absolute atomic E-state index is 0.751. The molecule has 2 heteroatoms. The third-order valence-electron chi connectivity index (χ3n) is 2.16. The third kappa shape index (κ3) is 3.98. The van der Waals surface area contributed by atoms with Crippen LogP contribution in [0.1, 0.15) is 19.4 Å². The second-order valence-electron chi connectivity index (χ2n) is 3.74. The number of aromatic nitrogens is 2. The molecule has 0 fully saturated rings. The highest BCUT2D eigenvalue weighted by molar-refractivity contribution is 5.24. The lowest BCUT2D eigenvalue weighted by Crippen LogP contribution is -1.98. The first-order valence-corrected chi connectivity index (χ1v) is 5.09. The first kappa shape index (κ1) is 11.5. The largest absolute Gasteiger partial charge is 0.268 e. The highest BCUT2D eigenvalue weighted by Crippen LogP contribution is 2.03. The molecule has 80 valence electrons. The summed E-state index contributed by atoms with van der Waals surface area (Å²) in [5, 5.41) is 4.21. The van der Waals surface area contributed by atoms with E-state index in [0.717, 1.165) is 12.1 Å². The SMILES string of the molecule is C=C(/C=C\C(C)=C/C)Cn1cc(C)cn1. The molecule has 0 saturated heterocycles. The molecule has 0 unspecified atom stereocenters. The summed E-state index contributed by atoms with van der Waals surface area (Å²) < 4.78 is 1.90. The van der Waals surface area contributed by atoms with E-state index in [1.807, 2.05) is 37.0 Å². The molecule has 0 aliphatic heterocycles. The van der Waals surface area contributed by atoms with E-state index in [4.69, 9.17) is 0 Å². The molecule has 0 amide bonds. The van der Waals surface area contributed by atoms with Crippen molar-refractivity contribution in [1.82, 2.24) is 9.78 Å². The van der Waals surface area contributed by atoms with Crippen molar-refractivity contribution in [3.63, 3.8) is 0 Å². The van der Waals surface area contributed by atoms with Crippen LogP contribution < -0.4 is 0 Å². The molecular formula is C13H18N2. The van der Waals surface area contributed by atoms with Crippen LogP contribution in [0.3, 0.4) is 0 Å². The van der Waals surface area contributed by atoms with E-state index >= 15 is 0 Å². The quantitative estimate of drug-likeness (QED) is 0.685. The topological polar surface area (TPSA) is 17.8 Å². The number of hydrogen-bond acceptors (Lipinski definition) is 1. The lowest BCUT2D eigenvalue weighted by Gasteiger charge is -2.00. The Hall–Kier alpha value is -1.57. The van der Waals surface area contributed by atoms with Gasteiger partial charge in [0.1, 0.15) is 0 Å². The standard InChI is InChI=1S/C13H18N2/c1-5-11(2)6-7-12(3)9-15-10-13(4)8-14-15/h5-8,10H,3,9H2,1-2,4H3/b7-6-,11-5-. The van der Waals surface area contributed by atoms with E-state index in [1.54, 1.807) is 0 Å². The highest BCUT2D eigenvalue weighted by atomic mass is 15.3. The van der Waals surface area contributed by atoms with E-state index in [0.29, 0.717) is 0 Å². The van der Waals surface area contributed by atoms with Crippen LogP contribution in [0.15, 0.2) is 48.3 Å². The zero-order chi connectivity index (χ0) is 11.3. The van der Waals surface area contributed by atoms with Crippen molar-refractivity contribution in [2.45, 2.75) is 27.3 Å². The van der Waals surface area contributed by atoms with Crippen molar-refractivity contribution in [1.29, 1.82) is 0 Å². The molecule has 1 aromatic rings. The average Bonchev–Trinajstić information content (AvgIpc) is 2.60. The summed E-state index contributed by atoms with van der Waals surface area (Å²) in [5.41, 5.74) is 3.48. The van der Waals surface area contributed by atoms with E-state index in [1.165, 1.54) is 11.1 Å². The normalized spacial score (nSPS) is 12.3. The van der Waals surface area contributed by atoms with Crippen LogP contribution in [0.25, 0.3) is 0 Å². The predicted octanol–water partition coefficient (Wildman–Crippen LogP) is 3.27. The summed E-state index contributed by atoms with van der Waals surface area (Å²) in [6, 6.07) is 0. The number of hydrogen-bond donors (Lipinski definition) is 0. The van der Waals surface area contributed by atoms with Gasteiger partial charge in [-0.1, -0.05) is 30.4 Å². The molecule has 2 nitrogen and oxygen atoms in total. The van der Waals surface area contributed by atoms with Gasteiger partial charge < -0.3 is 0 Å². The molecule has 1 heterocycles. The Kier molecular flexibility index (Phi) is 4.10. The zero-order valence-electron chi connectivity index (χ0n) is 9.70. The van der Waals surface area contributed by atoms with Crippen molar-refractivity contribution in [3.05, 3.63) is 53.9 Å². The second kappa shape index (κ2) is 5.35. The smallest absolute Gasteiger partial charge is 0.0653 e.